The second-order valence-electron chi connectivity index (χ2n) is 5.67. The van der Waals surface area contributed by atoms with Crippen molar-refractivity contribution in [2.45, 2.75) is 13.3 Å². The Morgan fingerprint density at radius 2 is 2.04 bits per heavy atom. The molecular formula is C19H13BrClN3O2. The van der Waals surface area contributed by atoms with E-state index in [4.69, 9.17) is 16.3 Å². The molecular weight excluding hydrogens is 418 g/mol. The first-order valence-corrected chi connectivity index (χ1v) is 8.84. The molecule has 3 rings (SSSR count). The molecule has 7 heteroatoms. The highest BCUT2D eigenvalue weighted by molar-refractivity contribution is 9.10. The molecule has 0 aliphatic heterocycles. The third-order valence-corrected chi connectivity index (χ3v) is 4.51. The van der Waals surface area contributed by atoms with Gasteiger partial charge in [0.05, 0.1) is 16.3 Å². The summed E-state index contributed by atoms with van der Waals surface area (Å²) in [5.41, 5.74) is 2.46. The van der Waals surface area contributed by atoms with Gasteiger partial charge in [-0.1, -0.05) is 33.6 Å². The molecule has 0 aliphatic rings. The maximum Gasteiger partial charge on any atom is 0.267 e. The third-order valence-electron chi connectivity index (χ3n) is 3.71. The van der Waals surface area contributed by atoms with Gasteiger partial charge in [-0.15, -0.1) is 0 Å². The van der Waals surface area contributed by atoms with Crippen LogP contribution in [0.1, 0.15) is 22.4 Å². The highest BCUT2D eigenvalue weighted by Crippen LogP contribution is 2.33. The van der Waals surface area contributed by atoms with Crippen LogP contribution in [0.15, 0.2) is 51.7 Å². The predicted octanol–water partition coefficient (Wildman–Crippen LogP) is 4.75. The molecule has 0 unspecified atom stereocenters. The molecule has 0 saturated carbocycles. The van der Waals surface area contributed by atoms with Gasteiger partial charge in [-0.2, -0.15) is 10.4 Å². The van der Waals surface area contributed by atoms with E-state index in [2.05, 4.69) is 32.2 Å². The second kappa shape index (κ2) is 7.73. The van der Waals surface area contributed by atoms with Gasteiger partial charge in [0, 0.05) is 16.5 Å². The van der Waals surface area contributed by atoms with Crippen molar-refractivity contribution >= 4 is 27.5 Å². The van der Waals surface area contributed by atoms with Crippen LogP contribution in [0.2, 0.25) is 5.02 Å². The number of nitrogens with zero attached hydrogens (tertiary/aromatic N) is 2. The summed E-state index contributed by atoms with van der Waals surface area (Å²) in [6.45, 7) is 1.73. The van der Waals surface area contributed by atoms with Crippen LogP contribution >= 0.6 is 27.5 Å². The lowest BCUT2D eigenvalue weighted by atomic mass is 10.1. The van der Waals surface area contributed by atoms with Crippen LogP contribution in [0.25, 0.3) is 0 Å². The molecule has 5 nitrogen and oxygen atoms in total. The number of hydrogen-bond donors (Lipinski definition) is 1. The topological polar surface area (TPSA) is 78.8 Å². The van der Waals surface area contributed by atoms with Gasteiger partial charge in [0.15, 0.2) is 0 Å². The van der Waals surface area contributed by atoms with Crippen LogP contribution in [0.5, 0.6) is 11.5 Å². The Hall–Kier alpha value is -2.62. The lowest BCUT2D eigenvalue weighted by molar-refractivity contribution is 0.480. The molecule has 1 heterocycles. The highest BCUT2D eigenvalue weighted by Gasteiger charge is 2.10. The summed E-state index contributed by atoms with van der Waals surface area (Å²) in [6.07, 6.45) is 0.509. The summed E-state index contributed by atoms with van der Waals surface area (Å²) in [4.78, 5) is 11.4. The summed E-state index contributed by atoms with van der Waals surface area (Å²) in [6, 6.07) is 14.4. The van der Waals surface area contributed by atoms with Crippen LogP contribution in [0.4, 0.5) is 0 Å². The third kappa shape index (κ3) is 4.13. The molecule has 0 aliphatic carbocycles. The molecule has 0 radical (unpaired) electrons. The first-order chi connectivity index (χ1) is 12.5. The Kier molecular flexibility index (Phi) is 5.40. The monoisotopic (exact) mass is 429 g/mol. The van der Waals surface area contributed by atoms with E-state index in [1.54, 1.807) is 43.3 Å². The first-order valence-electron chi connectivity index (χ1n) is 7.67. The summed E-state index contributed by atoms with van der Waals surface area (Å²) >= 11 is 9.62. The predicted molar refractivity (Wildman–Crippen MR) is 103 cm³/mol. The number of aromatic nitrogens is 2. The van der Waals surface area contributed by atoms with E-state index in [0.717, 1.165) is 15.7 Å². The molecule has 130 valence electrons. The number of H-pyrrole nitrogens is 1. The Morgan fingerprint density at radius 1 is 1.23 bits per heavy atom. The van der Waals surface area contributed by atoms with Crippen molar-refractivity contribution in [3.05, 3.63) is 84.7 Å². The fourth-order valence-corrected chi connectivity index (χ4v) is 2.88. The second-order valence-corrected chi connectivity index (χ2v) is 6.99. The van der Waals surface area contributed by atoms with Gasteiger partial charge in [0.2, 0.25) is 0 Å². The number of hydrogen-bond acceptors (Lipinski definition) is 4. The zero-order chi connectivity index (χ0) is 18.7. The van der Waals surface area contributed by atoms with Crippen molar-refractivity contribution in [1.29, 1.82) is 5.26 Å². The number of benzene rings is 2. The van der Waals surface area contributed by atoms with Gasteiger partial charge < -0.3 is 4.74 Å². The van der Waals surface area contributed by atoms with Crippen LogP contribution in [-0.2, 0) is 6.42 Å². The van der Waals surface area contributed by atoms with Crippen LogP contribution in [0, 0.1) is 18.3 Å². The Labute approximate surface area is 163 Å². The smallest absolute Gasteiger partial charge is 0.267 e. The molecule has 0 atom stereocenters. The number of aryl methyl sites for hydroxylation is 1. The van der Waals surface area contributed by atoms with Gasteiger partial charge in [-0.25, -0.2) is 5.10 Å². The molecule has 1 aromatic heterocycles. The minimum absolute atomic E-state index is 0.201. The van der Waals surface area contributed by atoms with Gasteiger partial charge in [-0.3, -0.25) is 4.79 Å². The van der Waals surface area contributed by atoms with Gasteiger partial charge in [0.1, 0.15) is 17.6 Å². The zero-order valence-corrected chi connectivity index (χ0v) is 16.1. The summed E-state index contributed by atoms with van der Waals surface area (Å²) in [5, 5.41) is 16.2. The maximum absolute atomic E-state index is 11.4. The molecule has 0 amide bonds. The Balaban J connectivity index is 1.91. The van der Waals surface area contributed by atoms with Crippen LogP contribution in [0.3, 0.4) is 0 Å². The van der Waals surface area contributed by atoms with Gasteiger partial charge >= 0.3 is 0 Å². The molecule has 0 fully saturated rings. The van der Waals surface area contributed by atoms with Crippen LogP contribution in [-0.4, -0.2) is 10.2 Å². The van der Waals surface area contributed by atoms with E-state index < -0.39 is 0 Å². The number of nitrogens with one attached hydrogen (secondary N) is 1. The number of rotatable bonds is 4. The average Bonchev–Trinajstić information content (AvgIpc) is 2.61. The number of aromatic amines is 1. The largest absolute Gasteiger partial charge is 0.454 e. The Bertz CT molecular complexity index is 1070. The van der Waals surface area contributed by atoms with Gasteiger partial charge in [-0.05, 0) is 48.9 Å². The van der Waals surface area contributed by atoms with Crippen molar-refractivity contribution in [2.75, 3.05) is 0 Å². The first kappa shape index (κ1) is 18.2. The quantitative estimate of drug-likeness (QED) is 0.648. The van der Waals surface area contributed by atoms with Crippen molar-refractivity contribution in [3.8, 4) is 17.6 Å². The normalized spacial score (nSPS) is 10.4. The highest BCUT2D eigenvalue weighted by atomic mass is 79.9. The zero-order valence-electron chi connectivity index (χ0n) is 13.7. The van der Waals surface area contributed by atoms with E-state index in [1.807, 2.05) is 6.07 Å². The standard InChI is InChI=1S/C19H13BrClN3O2/c1-11-6-15(23-24-19(11)25)7-12-2-5-16(21)18(8-12)26-17-9-14(20)4-3-13(17)10-22/h2-6,8-9H,7H2,1H3,(H,24,25). The Morgan fingerprint density at radius 3 is 2.77 bits per heavy atom. The molecule has 2 aromatic carbocycles. The molecule has 3 aromatic rings. The van der Waals surface area contributed by atoms with Crippen molar-refractivity contribution in [3.63, 3.8) is 0 Å². The lowest BCUT2D eigenvalue weighted by Crippen LogP contribution is -2.12. The SMILES string of the molecule is Cc1cc(Cc2ccc(Cl)c(Oc3cc(Br)ccc3C#N)c2)n[nH]c1=O. The van der Waals surface area contributed by atoms with Gasteiger partial charge in [0.25, 0.3) is 5.56 Å². The van der Waals surface area contributed by atoms with Crippen molar-refractivity contribution < 1.29 is 4.74 Å². The number of nitriles is 1. The summed E-state index contributed by atoms with van der Waals surface area (Å²) < 4.78 is 6.67. The fourth-order valence-electron chi connectivity index (χ4n) is 2.39. The molecule has 0 saturated heterocycles. The summed E-state index contributed by atoms with van der Waals surface area (Å²) in [7, 11) is 0. The number of halogens is 2. The minimum atomic E-state index is -0.201. The number of ether oxygens (including phenoxy) is 1. The van der Waals surface area contributed by atoms with E-state index in [0.29, 0.717) is 34.1 Å². The van der Waals surface area contributed by atoms with E-state index >= 15 is 0 Å². The fraction of sp³-hybridized carbons (Fsp3) is 0.105. The van der Waals surface area contributed by atoms with Crippen molar-refractivity contribution in [2.24, 2.45) is 0 Å². The van der Waals surface area contributed by atoms with E-state index in [1.165, 1.54) is 0 Å². The molecule has 0 bridgehead atoms. The van der Waals surface area contributed by atoms with E-state index in [-0.39, 0.29) is 5.56 Å². The molecule has 26 heavy (non-hydrogen) atoms. The maximum atomic E-state index is 11.4. The minimum Gasteiger partial charge on any atom is -0.454 e. The lowest BCUT2D eigenvalue weighted by Gasteiger charge is -2.11. The van der Waals surface area contributed by atoms with E-state index in [9.17, 15) is 10.1 Å². The summed E-state index contributed by atoms with van der Waals surface area (Å²) in [5.74, 6) is 0.860. The molecule has 0 spiro atoms. The molecule has 1 N–H and O–H groups in total. The van der Waals surface area contributed by atoms with Crippen molar-refractivity contribution in [1.82, 2.24) is 10.2 Å². The average molecular weight is 431 g/mol. The van der Waals surface area contributed by atoms with Crippen LogP contribution < -0.4 is 10.3 Å².